The predicted molar refractivity (Wildman–Crippen MR) is 57.6 cm³/mol. The van der Waals surface area contributed by atoms with Crippen molar-refractivity contribution in [1.29, 1.82) is 0 Å². The number of carbonyl (C=O) groups is 1. The molecule has 0 unspecified atom stereocenters. The van der Waals surface area contributed by atoms with E-state index in [0.29, 0.717) is 5.92 Å². The molecule has 66 valence electrons. The van der Waals surface area contributed by atoms with Gasteiger partial charge in [0.15, 0.2) is 0 Å². The van der Waals surface area contributed by atoms with Crippen molar-refractivity contribution in [1.82, 2.24) is 0 Å². The molecule has 1 nitrogen and oxygen atoms in total. The zero-order valence-corrected chi connectivity index (χ0v) is 9.21. The summed E-state index contributed by atoms with van der Waals surface area (Å²) in [6, 6.07) is 0. The van der Waals surface area contributed by atoms with Gasteiger partial charge in [-0.25, -0.2) is 0 Å². The average Bonchev–Trinajstić information content (AvgIpc) is 1.88. The van der Waals surface area contributed by atoms with Crippen LogP contribution in [0.15, 0.2) is 0 Å². The van der Waals surface area contributed by atoms with Crippen molar-refractivity contribution in [3.63, 3.8) is 0 Å². The third-order valence-corrected chi connectivity index (χ3v) is 1.21. The fraction of sp³-hybridized carbons (Fsp3) is 0.750. The van der Waals surface area contributed by atoms with Gasteiger partial charge in [0.1, 0.15) is 6.29 Å². The molecule has 0 atom stereocenters. The van der Waals surface area contributed by atoms with Crippen LogP contribution in [0.4, 0.5) is 0 Å². The van der Waals surface area contributed by atoms with Gasteiger partial charge in [0, 0.05) is 0 Å². The zero-order valence-electron chi connectivity index (χ0n) is 7.50. The molecule has 0 fully saturated rings. The van der Waals surface area contributed by atoms with Gasteiger partial charge in [0.2, 0.25) is 0 Å². The molecule has 0 saturated carbocycles. The van der Waals surface area contributed by atoms with E-state index in [0.717, 1.165) is 6.29 Å². The predicted octanol–water partition coefficient (Wildman–Crippen LogP) is 2.54. The Bertz CT molecular complexity index is 114. The van der Waals surface area contributed by atoms with Gasteiger partial charge in [0.05, 0.1) is 4.75 Å². The number of hydrogen-bond donors (Lipinski definition) is 1. The van der Waals surface area contributed by atoms with Crippen molar-refractivity contribution in [3.05, 3.63) is 0 Å². The smallest absolute Gasteiger partial charge is 0.135 e. The molecule has 0 aliphatic rings. The fourth-order valence-electron chi connectivity index (χ4n) is 0. The van der Waals surface area contributed by atoms with Gasteiger partial charge in [-0.3, -0.25) is 0 Å². The van der Waals surface area contributed by atoms with Gasteiger partial charge in [-0.05, 0) is 25.1 Å². The Hall–Kier alpha value is 0.110. The molecule has 11 heavy (non-hydrogen) atoms. The Morgan fingerprint density at radius 1 is 1.45 bits per heavy atom. The third kappa shape index (κ3) is 25.5. The van der Waals surface area contributed by atoms with Gasteiger partial charge >= 0.3 is 0 Å². The second-order valence-electron chi connectivity index (χ2n) is 3.15. The van der Waals surface area contributed by atoms with E-state index in [1.54, 1.807) is 19.2 Å². The summed E-state index contributed by atoms with van der Waals surface area (Å²) in [6.45, 7) is 7.60. The molecular weight excluding hydrogens is 176 g/mol. The zero-order chi connectivity index (χ0) is 9.49. The Kier molecular flexibility index (Phi) is 8.46. The first-order valence-electron chi connectivity index (χ1n) is 3.47. The topological polar surface area (TPSA) is 17.1 Å². The lowest BCUT2D eigenvalue weighted by molar-refractivity contribution is -0.109. The summed E-state index contributed by atoms with van der Waals surface area (Å²) in [6.07, 6.45) is 0.802. The highest BCUT2D eigenvalue weighted by Crippen LogP contribution is 2.04. The first-order valence-corrected chi connectivity index (χ1v) is 4.39. The monoisotopic (exact) mass is 192 g/mol. The highest BCUT2D eigenvalue weighted by atomic mass is 32.1. The molecule has 0 bridgehead atoms. The third-order valence-electron chi connectivity index (χ3n) is 0.561. The Balaban J connectivity index is 0. The van der Waals surface area contributed by atoms with E-state index in [1.807, 2.05) is 0 Å². The number of carbonyl (C=O) groups excluding carboxylic acids is 1. The standard InChI is InChI=1S/C4H8OS.C4H8S/c1-4(2,6)3-5;1-4(2)3-5/h3,6H,1-2H3;3-4H,1-2H3. The minimum atomic E-state index is -0.444. The van der Waals surface area contributed by atoms with Gasteiger partial charge in [-0.2, -0.15) is 12.6 Å². The van der Waals surface area contributed by atoms with Crippen molar-refractivity contribution >= 4 is 36.5 Å². The van der Waals surface area contributed by atoms with Crippen LogP contribution in [-0.2, 0) is 4.79 Å². The van der Waals surface area contributed by atoms with Crippen molar-refractivity contribution in [2.45, 2.75) is 32.4 Å². The lowest BCUT2D eigenvalue weighted by atomic mass is 10.2. The molecule has 0 aromatic heterocycles. The van der Waals surface area contributed by atoms with E-state index in [-0.39, 0.29) is 0 Å². The quantitative estimate of drug-likeness (QED) is 0.411. The summed E-state index contributed by atoms with van der Waals surface area (Å²) < 4.78 is -0.444. The van der Waals surface area contributed by atoms with Gasteiger partial charge < -0.3 is 4.79 Å². The Morgan fingerprint density at radius 2 is 1.64 bits per heavy atom. The number of rotatable bonds is 2. The minimum Gasteiger partial charge on any atom is -0.302 e. The van der Waals surface area contributed by atoms with Gasteiger partial charge in [-0.1, -0.05) is 26.1 Å². The van der Waals surface area contributed by atoms with Crippen molar-refractivity contribution < 1.29 is 4.79 Å². The lowest BCUT2D eigenvalue weighted by Gasteiger charge is -2.02. The van der Waals surface area contributed by atoms with Crippen LogP contribution in [0.5, 0.6) is 0 Å². The van der Waals surface area contributed by atoms with Crippen LogP contribution in [0, 0.1) is 5.92 Å². The van der Waals surface area contributed by atoms with E-state index in [1.165, 1.54) is 0 Å². The van der Waals surface area contributed by atoms with E-state index < -0.39 is 4.75 Å². The van der Waals surface area contributed by atoms with E-state index in [2.05, 4.69) is 38.7 Å². The van der Waals surface area contributed by atoms with Crippen molar-refractivity contribution in [2.24, 2.45) is 5.92 Å². The fourth-order valence-corrected chi connectivity index (χ4v) is 0. The molecular formula is C8H16OS2. The van der Waals surface area contributed by atoms with Gasteiger partial charge in [0.25, 0.3) is 0 Å². The van der Waals surface area contributed by atoms with Crippen LogP contribution in [0.25, 0.3) is 0 Å². The molecule has 0 spiro atoms. The average molecular weight is 192 g/mol. The molecule has 0 aromatic carbocycles. The summed E-state index contributed by atoms with van der Waals surface area (Å²) >= 11 is 8.44. The first-order chi connectivity index (χ1) is 4.83. The molecule has 0 rings (SSSR count). The maximum Gasteiger partial charge on any atom is 0.135 e. The lowest BCUT2D eigenvalue weighted by Crippen LogP contribution is -2.10. The van der Waals surface area contributed by atoms with Crippen LogP contribution >= 0.6 is 24.8 Å². The second-order valence-corrected chi connectivity index (χ2v) is 4.58. The van der Waals surface area contributed by atoms with Crippen LogP contribution in [0.3, 0.4) is 0 Å². The first kappa shape index (κ1) is 13.7. The molecule has 0 heterocycles. The van der Waals surface area contributed by atoms with E-state index in [9.17, 15) is 4.79 Å². The maximum atomic E-state index is 9.75. The summed E-state index contributed by atoms with van der Waals surface area (Å²) in [5.41, 5.74) is 0. The number of thiol groups is 1. The summed E-state index contributed by atoms with van der Waals surface area (Å²) in [4.78, 5) is 9.75. The highest BCUT2D eigenvalue weighted by molar-refractivity contribution is 7.82. The summed E-state index contributed by atoms with van der Waals surface area (Å²) in [7, 11) is 0. The summed E-state index contributed by atoms with van der Waals surface area (Å²) in [5.74, 6) is 0.574. The second kappa shape index (κ2) is 6.80. The van der Waals surface area contributed by atoms with Crippen LogP contribution in [0.2, 0.25) is 0 Å². The molecule has 0 aromatic rings. The van der Waals surface area contributed by atoms with Crippen LogP contribution in [0.1, 0.15) is 27.7 Å². The molecule has 0 aliphatic heterocycles. The molecule has 0 saturated heterocycles. The van der Waals surface area contributed by atoms with E-state index in [4.69, 9.17) is 0 Å². The largest absolute Gasteiger partial charge is 0.302 e. The Morgan fingerprint density at radius 3 is 1.64 bits per heavy atom. The van der Waals surface area contributed by atoms with Crippen molar-refractivity contribution in [2.75, 3.05) is 0 Å². The van der Waals surface area contributed by atoms with Crippen molar-refractivity contribution in [3.8, 4) is 0 Å². The molecule has 0 N–H and O–H groups in total. The number of thiocarbonyl (C=S) groups is 1. The summed E-state index contributed by atoms with van der Waals surface area (Å²) in [5, 5.41) is 1.75. The SMILES string of the molecule is CC(C)(S)C=O.CC(C)C=S. The van der Waals surface area contributed by atoms with Crippen LogP contribution in [-0.4, -0.2) is 16.4 Å². The van der Waals surface area contributed by atoms with Gasteiger partial charge in [-0.15, -0.1) is 0 Å². The highest BCUT2D eigenvalue weighted by Gasteiger charge is 2.06. The van der Waals surface area contributed by atoms with E-state index >= 15 is 0 Å². The molecule has 0 aliphatic carbocycles. The minimum absolute atomic E-state index is 0.444. The normalized spacial score (nSPS) is 10.0. The maximum absolute atomic E-state index is 9.75. The number of aldehydes is 1. The molecule has 0 radical (unpaired) electrons. The number of hydrogen-bond acceptors (Lipinski definition) is 3. The molecule has 0 amide bonds. The molecule has 3 heteroatoms. The Labute approximate surface area is 80.0 Å². The van der Waals surface area contributed by atoms with Crippen LogP contribution < -0.4 is 0 Å².